The van der Waals surface area contributed by atoms with Gasteiger partial charge in [0.05, 0.1) is 6.54 Å². The van der Waals surface area contributed by atoms with Crippen LogP contribution < -0.4 is 5.32 Å². The molecule has 1 saturated carbocycles. The fourth-order valence-electron chi connectivity index (χ4n) is 2.23. The van der Waals surface area contributed by atoms with Crippen molar-refractivity contribution in [2.75, 3.05) is 19.6 Å². The highest BCUT2D eigenvalue weighted by Crippen LogP contribution is 2.42. The van der Waals surface area contributed by atoms with E-state index in [1.165, 1.54) is 12.8 Å². The second kappa shape index (κ2) is 2.98. The molecule has 1 aliphatic carbocycles. The van der Waals surface area contributed by atoms with Crippen LogP contribution in [0.15, 0.2) is 0 Å². The van der Waals surface area contributed by atoms with Crippen LogP contribution in [-0.4, -0.2) is 36.0 Å². The summed E-state index contributed by atoms with van der Waals surface area (Å²) in [4.78, 5) is 13.7. The summed E-state index contributed by atoms with van der Waals surface area (Å²) in [5.41, 5.74) is 0.0964. The Bertz CT molecular complexity index is 221. The molecule has 0 aromatic carbocycles. The normalized spacial score (nSPS) is 25.1. The lowest BCUT2D eigenvalue weighted by molar-refractivity contribution is -0.138. The average molecular weight is 182 g/mol. The van der Waals surface area contributed by atoms with Crippen molar-refractivity contribution in [2.45, 2.75) is 32.2 Å². The van der Waals surface area contributed by atoms with Gasteiger partial charge in [0, 0.05) is 18.6 Å². The van der Waals surface area contributed by atoms with Crippen LogP contribution in [0, 0.1) is 5.92 Å². The quantitative estimate of drug-likeness (QED) is 0.678. The summed E-state index contributed by atoms with van der Waals surface area (Å²) in [7, 11) is 0. The summed E-state index contributed by atoms with van der Waals surface area (Å²) in [6, 6.07) is 0. The molecule has 3 nitrogen and oxygen atoms in total. The molecular weight excluding hydrogens is 164 g/mol. The van der Waals surface area contributed by atoms with Crippen molar-refractivity contribution >= 4 is 5.91 Å². The molecule has 1 aliphatic heterocycles. The largest absolute Gasteiger partial charge is 0.335 e. The first-order valence-electron chi connectivity index (χ1n) is 5.13. The van der Waals surface area contributed by atoms with Crippen molar-refractivity contribution in [1.29, 1.82) is 0 Å². The van der Waals surface area contributed by atoms with Crippen LogP contribution in [0.5, 0.6) is 0 Å². The second-order valence-electron chi connectivity index (χ2n) is 4.65. The molecule has 3 heteroatoms. The van der Waals surface area contributed by atoms with E-state index in [0.29, 0.717) is 6.54 Å². The van der Waals surface area contributed by atoms with Crippen LogP contribution >= 0.6 is 0 Å². The minimum Gasteiger partial charge on any atom is -0.335 e. The van der Waals surface area contributed by atoms with Crippen LogP contribution in [0.25, 0.3) is 0 Å². The number of hydrogen-bond acceptors (Lipinski definition) is 2. The van der Waals surface area contributed by atoms with Crippen molar-refractivity contribution in [3.63, 3.8) is 0 Å². The molecular formula is C10H18N2O. The Balaban J connectivity index is 2.08. The van der Waals surface area contributed by atoms with Crippen LogP contribution in [-0.2, 0) is 4.79 Å². The minimum absolute atomic E-state index is 0.0964. The molecule has 0 radical (unpaired) electrons. The number of amides is 1. The van der Waals surface area contributed by atoms with E-state index in [9.17, 15) is 4.79 Å². The lowest BCUT2D eigenvalue weighted by atomic mass is 9.95. The number of piperazine rings is 1. The Kier molecular flexibility index (Phi) is 2.06. The molecule has 13 heavy (non-hydrogen) atoms. The predicted octanol–water partition coefficient (Wildman–Crippen LogP) is 0.607. The number of carbonyl (C=O) groups excluding carboxylic acids is 1. The third-order valence-corrected chi connectivity index (χ3v) is 3.36. The van der Waals surface area contributed by atoms with Crippen molar-refractivity contribution < 1.29 is 4.79 Å². The van der Waals surface area contributed by atoms with Gasteiger partial charge in [-0.05, 0) is 32.6 Å². The van der Waals surface area contributed by atoms with E-state index in [2.05, 4.69) is 24.1 Å². The lowest BCUT2D eigenvalue weighted by Crippen LogP contribution is -2.57. The molecule has 1 saturated heterocycles. The molecule has 0 bridgehead atoms. The maximum absolute atomic E-state index is 11.6. The van der Waals surface area contributed by atoms with Gasteiger partial charge in [-0.1, -0.05) is 0 Å². The molecule has 74 valence electrons. The highest BCUT2D eigenvalue weighted by Gasteiger charge is 2.44. The summed E-state index contributed by atoms with van der Waals surface area (Å²) in [5.74, 6) is 1.01. The van der Waals surface area contributed by atoms with E-state index in [1.54, 1.807) is 0 Å². The van der Waals surface area contributed by atoms with Gasteiger partial charge in [-0.3, -0.25) is 4.79 Å². The number of nitrogens with zero attached hydrogens (tertiary/aromatic N) is 1. The second-order valence-corrected chi connectivity index (χ2v) is 4.65. The fourth-order valence-corrected chi connectivity index (χ4v) is 2.23. The molecule has 1 N–H and O–H groups in total. The maximum atomic E-state index is 11.6. The van der Waals surface area contributed by atoms with Gasteiger partial charge in [-0.2, -0.15) is 0 Å². The molecule has 1 amide bonds. The zero-order valence-corrected chi connectivity index (χ0v) is 8.47. The average Bonchev–Trinajstić information content (AvgIpc) is 2.86. The summed E-state index contributed by atoms with van der Waals surface area (Å²) in [5, 5.41) is 3.10. The van der Waals surface area contributed by atoms with E-state index < -0.39 is 0 Å². The molecule has 0 unspecified atom stereocenters. The lowest BCUT2D eigenvalue weighted by Gasteiger charge is -2.41. The van der Waals surface area contributed by atoms with Crippen molar-refractivity contribution in [3.8, 4) is 0 Å². The molecule has 0 atom stereocenters. The molecule has 0 aromatic heterocycles. The van der Waals surface area contributed by atoms with Crippen LogP contribution in [0.3, 0.4) is 0 Å². The monoisotopic (exact) mass is 182 g/mol. The van der Waals surface area contributed by atoms with Gasteiger partial charge in [-0.25, -0.2) is 0 Å². The maximum Gasteiger partial charge on any atom is 0.237 e. The smallest absolute Gasteiger partial charge is 0.237 e. The Morgan fingerprint density at radius 1 is 1.46 bits per heavy atom. The number of rotatable bonds is 2. The van der Waals surface area contributed by atoms with Crippen LogP contribution in [0.1, 0.15) is 26.7 Å². The molecule has 2 fully saturated rings. The predicted molar refractivity (Wildman–Crippen MR) is 51.4 cm³/mol. The zero-order valence-electron chi connectivity index (χ0n) is 8.47. The van der Waals surface area contributed by atoms with E-state index in [4.69, 9.17) is 0 Å². The molecule has 2 aliphatic rings. The van der Waals surface area contributed by atoms with Crippen molar-refractivity contribution in [2.24, 2.45) is 5.92 Å². The van der Waals surface area contributed by atoms with E-state index in [1.807, 2.05) is 0 Å². The van der Waals surface area contributed by atoms with Crippen LogP contribution in [0.4, 0.5) is 0 Å². The topological polar surface area (TPSA) is 32.3 Å². The first-order chi connectivity index (χ1) is 6.12. The molecule has 0 aromatic rings. The highest BCUT2D eigenvalue weighted by atomic mass is 16.2. The van der Waals surface area contributed by atoms with Gasteiger partial charge in [0.2, 0.25) is 5.91 Å². The third kappa shape index (κ3) is 1.57. The fraction of sp³-hybridized carbons (Fsp3) is 0.900. The third-order valence-electron chi connectivity index (χ3n) is 3.36. The zero-order chi connectivity index (χ0) is 9.47. The number of carbonyl (C=O) groups is 1. The van der Waals surface area contributed by atoms with Crippen molar-refractivity contribution in [3.05, 3.63) is 0 Å². The van der Waals surface area contributed by atoms with Crippen LogP contribution in [0.2, 0.25) is 0 Å². The first kappa shape index (κ1) is 9.00. The van der Waals surface area contributed by atoms with E-state index in [-0.39, 0.29) is 11.4 Å². The minimum atomic E-state index is 0.0964. The summed E-state index contributed by atoms with van der Waals surface area (Å²) >= 11 is 0. The highest BCUT2D eigenvalue weighted by molar-refractivity contribution is 5.79. The molecule has 2 rings (SSSR count). The molecule has 0 spiro atoms. The Morgan fingerprint density at radius 2 is 2.15 bits per heavy atom. The van der Waals surface area contributed by atoms with Gasteiger partial charge < -0.3 is 10.2 Å². The van der Waals surface area contributed by atoms with Gasteiger partial charge in [0.1, 0.15) is 0 Å². The van der Waals surface area contributed by atoms with E-state index >= 15 is 0 Å². The molecule has 1 heterocycles. The van der Waals surface area contributed by atoms with Gasteiger partial charge in [0.25, 0.3) is 0 Å². The Labute approximate surface area is 79.5 Å². The SMILES string of the molecule is CC(C)(C1CC1)N1CCNCC1=O. The Hall–Kier alpha value is -0.570. The summed E-state index contributed by atoms with van der Waals surface area (Å²) in [6.45, 7) is 6.75. The standard InChI is InChI=1S/C10H18N2O/c1-10(2,8-3-4-8)12-6-5-11-7-9(12)13/h8,11H,3-7H2,1-2H3. The van der Waals surface area contributed by atoms with Gasteiger partial charge in [0.15, 0.2) is 0 Å². The van der Waals surface area contributed by atoms with E-state index in [0.717, 1.165) is 19.0 Å². The van der Waals surface area contributed by atoms with Gasteiger partial charge >= 0.3 is 0 Å². The van der Waals surface area contributed by atoms with Crippen molar-refractivity contribution in [1.82, 2.24) is 10.2 Å². The van der Waals surface area contributed by atoms with Gasteiger partial charge in [-0.15, -0.1) is 0 Å². The number of nitrogens with one attached hydrogen (secondary N) is 1. The first-order valence-corrected chi connectivity index (χ1v) is 5.13. The number of hydrogen-bond donors (Lipinski definition) is 1. The summed E-state index contributed by atoms with van der Waals surface area (Å²) < 4.78 is 0. The Morgan fingerprint density at radius 3 is 2.69 bits per heavy atom. The summed E-state index contributed by atoms with van der Waals surface area (Å²) in [6.07, 6.45) is 2.59.